The average molecular weight is 323 g/mol. The van der Waals surface area contributed by atoms with E-state index in [4.69, 9.17) is 5.73 Å². The van der Waals surface area contributed by atoms with E-state index in [9.17, 15) is 0 Å². The first-order valence-electron chi connectivity index (χ1n) is 8.59. The van der Waals surface area contributed by atoms with E-state index >= 15 is 0 Å². The van der Waals surface area contributed by atoms with Crippen LogP contribution >= 0.6 is 0 Å². The molecule has 126 valence electrons. The number of hydrogen-bond acceptors (Lipinski definition) is 3. The van der Waals surface area contributed by atoms with Gasteiger partial charge in [-0.15, -0.1) is 0 Å². The third kappa shape index (κ3) is 4.72. The van der Waals surface area contributed by atoms with Crippen LogP contribution < -0.4 is 16.0 Å². The molecule has 1 aromatic heterocycles. The highest BCUT2D eigenvalue weighted by atomic mass is 15.2. The normalized spacial score (nSPS) is 14.8. The molecule has 5 heteroatoms. The lowest BCUT2D eigenvalue weighted by molar-refractivity contribution is 0.847. The van der Waals surface area contributed by atoms with Crippen molar-refractivity contribution in [1.29, 1.82) is 0 Å². The van der Waals surface area contributed by atoms with Gasteiger partial charge in [-0.25, -0.2) is 9.98 Å². The highest BCUT2D eigenvalue weighted by Crippen LogP contribution is 2.18. The van der Waals surface area contributed by atoms with Crippen LogP contribution in [0.5, 0.6) is 0 Å². The Kier molecular flexibility index (Phi) is 5.66. The van der Waals surface area contributed by atoms with Crippen LogP contribution in [0.3, 0.4) is 0 Å². The van der Waals surface area contributed by atoms with Crippen molar-refractivity contribution in [1.82, 2.24) is 10.3 Å². The SMILES string of the molecule is NC(=NCc1ccnc(N2CCCC2)c1)NCCc1ccccc1. The lowest BCUT2D eigenvalue weighted by Crippen LogP contribution is -2.33. The smallest absolute Gasteiger partial charge is 0.188 e. The molecule has 2 aromatic rings. The van der Waals surface area contributed by atoms with Crippen LogP contribution in [-0.4, -0.2) is 30.6 Å². The van der Waals surface area contributed by atoms with Gasteiger partial charge in [-0.1, -0.05) is 30.3 Å². The number of nitrogens with zero attached hydrogens (tertiary/aromatic N) is 3. The van der Waals surface area contributed by atoms with E-state index in [-0.39, 0.29) is 0 Å². The van der Waals surface area contributed by atoms with Crippen LogP contribution in [0.25, 0.3) is 0 Å². The molecule has 0 atom stereocenters. The summed E-state index contributed by atoms with van der Waals surface area (Å²) in [5.74, 6) is 1.54. The molecule has 0 saturated carbocycles. The Labute approximate surface area is 143 Å². The van der Waals surface area contributed by atoms with Gasteiger partial charge in [0.15, 0.2) is 5.96 Å². The number of nitrogens with one attached hydrogen (secondary N) is 1. The van der Waals surface area contributed by atoms with E-state index in [0.717, 1.165) is 37.4 Å². The third-order valence-electron chi connectivity index (χ3n) is 4.23. The minimum absolute atomic E-state index is 0.491. The number of aromatic nitrogens is 1. The van der Waals surface area contributed by atoms with Gasteiger partial charge in [-0.2, -0.15) is 0 Å². The van der Waals surface area contributed by atoms with E-state index in [1.54, 1.807) is 0 Å². The summed E-state index contributed by atoms with van der Waals surface area (Å²) in [6, 6.07) is 14.5. The summed E-state index contributed by atoms with van der Waals surface area (Å²) >= 11 is 0. The molecule has 1 aliphatic rings. The Morgan fingerprint density at radius 3 is 2.71 bits per heavy atom. The summed E-state index contributed by atoms with van der Waals surface area (Å²) < 4.78 is 0. The fourth-order valence-electron chi connectivity index (χ4n) is 2.89. The van der Waals surface area contributed by atoms with Gasteiger partial charge in [-0.3, -0.25) is 0 Å². The predicted molar refractivity (Wildman–Crippen MR) is 99.2 cm³/mol. The average Bonchev–Trinajstić information content (AvgIpc) is 3.16. The van der Waals surface area contributed by atoms with Crippen molar-refractivity contribution in [3.8, 4) is 0 Å². The molecule has 1 saturated heterocycles. The lowest BCUT2D eigenvalue weighted by Gasteiger charge is -2.16. The molecule has 0 unspecified atom stereocenters. The summed E-state index contributed by atoms with van der Waals surface area (Å²) in [5.41, 5.74) is 8.39. The molecular weight excluding hydrogens is 298 g/mol. The molecule has 3 rings (SSSR count). The zero-order chi connectivity index (χ0) is 16.6. The number of nitrogens with two attached hydrogens (primary N) is 1. The molecule has 0 radical (unpaired) electrons. The summed E-state index contributed by atoms with van der Waals surface area (Å²) in [7, 11) is 0. The molecule has 1 fully saturated rings. The molecule has 2 heterocycles. The zero-order valence-corrected chi connectivity index (χ0v) is 14.0. The second-order valence-electron chi connectivity index (χ2n) is 6.08. The van der Waals surface area contributed by atoms with Gasteiger partial charge >= 0.3 is 0 Å². The van der Waals surface area contributed by atoms with Crippen LogP contribution in [0, 0.1) is 0 Å². The van der Waals surface area contributed by atoms with Crippen LogP contribution in [-0.2, 0) is 13.0 Å². The maximum absolute atomic E-state index is 5.96. The summed E-state index contributed by atoms with van der Waals surface area (Å²) in [4.78, 5) is 11.2. The van der Waals surface area contributed by atoms with E-state index in [2.05, 4.69) is 38.4 Å². The third-order valence-corrected chi connectivity index (χ3v) is 4.23. The van der Waals surface area contributed by atoms with Crippen LogP contribution in [0.15, 0.2) is 53.7 Å². The Morgan fingerprint density at radius 2 is 1.92 bits per heavy atom. The molecule has 1 aromatic carbocycles. The summed E-state index contributed by atoms with van der Waals surface area (Å²) in [6.07, 6.45) is 5.30. The molecule has 0 aliphatic carbocycles. The number of pyridine rings is 1. The molecule has 0 bridgehead atoms. The number of anilines is 1. The minimum atomic E-state index is 0.491. The van der Waals surface area contributed by atoms with Crippen molar-refractivity contribution >= 4 is 11.8 Å². The fourth-order valence-corrected chi connectivity index (χ4v) is 2.89. The largest absolute Gasteiger partial charge is 0.370 e. The standard InChI is InChI=1S/C19H25N5/c20-19(22-11-8-16-6-2-1-3-7-16)23-15-17-9-10-21-18(14-17)24-12-4-5-13-24/h1-3,6-7,9-10,14H,4-5,8,11-13,15H2,(H3,20,22,23). The molecule has 1 aliphatic heterocycles. The highest BCUT2D eigenvalue weighted by Gasteiger charge is 2.13. The van der Waals surface area contributed by atoms with Gasteiger partial charge in [0.1, 0.15) is 5.82 Å². The van der Waals surface area contributed by atoms with Crippen LogP contribution in [0.4, 0.5) is 5.82 Å². The Bertz CT molecular complexity index is 662. The van der Waals surface area contributed by atoms with Crippen molar-refractivity contribution < 1.29 is 0 Å². The first kappa shape index (κ1) is 16.3. The molecular formula is C19H25N5. The van der Waals surface area contributed by atoms with E-state index in [0.29, 0.717) is 12.5 Å². The minimum Gasteiger partial charge on any atom is -0.370 e. The second-order valence-corrected chi connectivity index (χ2v) is 6.08. The number of benzene rings is 1. The first-order chi connectivity index (χ1) is 11.8. The highest BCUT2D eigenvalue weighted by molar-refractivity contribution is 5.77. The number of hydrogen-bond donors (Lipinski definition) is 2. The Balaban J connectivity index is 1.48. The van der Waals surface area contributed by atoms with Crippen LogP contribution in [0.2, 0.25) is 0 Å². The summed E-state index contributed by atoms with van der Waals surface area (Å²) in [6.45, 7) is 3.56. The van der Waals surface area contributed by atoms with Gasteiger partial charge in [-0.05, 0) is 42.5 Å². The topological polar surface area (TPSA) is 66.5 Å². The predicted octanol–water partition coefficient (Wildman–Crippen LogP) is 2.33. The second kappa shape index (κ2) is 8.34. The van der Waals surface area contributed by atoms with Gasteiger partial charge in [0.25, 0.3) is 0 Å². The van der Waals surface area contributed by atoms with Crippen molar-refractivity contribution in [3.05, 3.63) is 59.8 Å². The maximum atomic E-state index is 5.96. The molecule has 0 amide bonds. The Morgan fingerprint density at radius 1 is 1.12 bits per heavy atom. The van der Waals surface area contributed by atoms with E-state index in [1.165, 1.54) is 18.4 Å². The fraction of sp³-hybridized carbons (Fsp3) is 0.368. The van der Waals surface area contributed by atoms with Crippen LogP contribution in [0.1, 0.15) is 24.0 Å². The van der Waals surface area contributed by atoms with Crippen molar-refractivity contribution in [2.75, 3.05) is 24.5 Å². The Hall–Kier alpha value is -2.56. The zero-order valence-electron chi connectivity index (χ0n) is 14.0. The van der Waals surface area contributed by atoms with Crippen molar-refractivity contribution in [2.24, 2.45) is 10.7 Å². The number of rotatable bonds is 6. The molecule has 3 N–H and O–H groups in total. The molecule has 24 heavy (non-hydrogen) atoms. The molecule has 0 spiro atoms. The van der Waals surface area contributed by atoms with Gasteiger partial charge in [0.2, 0.25) is 0 Å². The van der Waals surface area contributed by atoms with Gasteiger partial charge in [0, 0.05) is 25.8 Å². The van der Waals surface area contributed by atoms with Crippen molar-refractivity contribution in [3.63, 3.8) is 0 Å². The van der Waals surface area contributed by atoms with Gasteiger partial charge < -0.3 is 16.0 Å². The lowest BCUT2D eigenvalue weighted by atomic mass is 10.1. The van der Waals surface area contributed by atoms with E-state index < -0.39 is 0 Å². The number of guanidine groups is 1. The monoisotopic (exact) mass is 323 g/mol. The quantitative estimate of drug-likeness (QED) is 0.632. The van der Waals surface area contributed by atoms with E-state index in [1.807, 2.05) is 30.5 Å². The first-order valence-corrected chi connectivity index (χ1v) is 8.59. The summed E-state index contributed by atoms with van der Waals surface area (Å²) in [5, 5.41) is 3.17. The number of aliphatic imine (C=N–C) groups is 1. The maximum Gasteiger partial charge on any atom is 0.188 e. The van der Waals surface area contributed by atoms with Gasteiger partial charge in [0.05, 0.1) is 6.54 Å². The van der Waals surface area contributed by atoms with Crippen molar-refractivity contribution in [2.45, 2.75) is 25.8 Å². The molecule has 5 nitrogen and oxygen atoms in total.